The highest BCUT2D eigenvalue weighted by molar-refractivity contribution is 8.00. The van der Waals surface area contributed by atoms with E-state index in [4.69, 9.17) is 14.9 Å². The largest absolute Gasteiger partial charge is 0.405 e. The third-order valence-electron chi connectivity index (χ3n) is 6.72. The quantitative estimate of drug-likeness (QED) is 0.275. The number of nitrogen functional groups attached to an aromatic ring is 1. The average Bonchev–Trinajstić information content (AvgIpc) is 3.18. The van der Waals surface area contributed by atoms with Gasteiger partial charge in [0.15, 0.2) is 6.23 Å². The topological polar surface area (TPSA) is 99.6 Å². The fourth-order valence-corrected chi connectivity index (χ4v) is 11.0. The second-order valence-electron chi connectivity index (χ2n) is 10.1. The van der Waals surface area contributed by atoms with Gasteiger partial charge in [0, 0.05) is 11.9 Å². The van der Waals surface area contributed by atoms with Crippen molar-refractivity contribution in [1.29, 1.82) is 0 Å². The third kappa shape index (κ3) is 5.69. The Morgan fingerprint density at radius 3 is 2.22 bits per heavy atom. The van der Waals surface area contributed by atoms with Crippen LogP contribution in [0.5, 0.6) is 0 Å². The summed E-state index contributed by atoms with van der Waals surface area (Å²) < 4.78 is 14.8. The molecule has 0 bridgehead atoms. The first-order chi connectivity index (χ1) is 17.7. The lowest BCUT2D eigenvalue weighted by atomic mass is 10.2. The van der Waals surface area contributed by atoms with Gasteiger partial charge in [0.25, 0.3) is 8.32 Å². The molecule has 2 heterocycles. The number of ether oxygens (including phenoxy) is 1. The van der Waals surface area contributed by atoms with Crippen LogP contribution in [0, 0.1) is 0 Å². The Morgan fingerprint density at radius 1 is 1.11 bits per heavy atom. The number of nitrogens with two attached hydrogens (primary N) is 1. The summed E-state index contributed by atoms with van der Waals surface area (Å²) in [6, 6.07) is 22.2. The minimum atomic E-state index is -2.82. The van der Waals surface area contributed by atoms with E-state index in [0.29, 0.717) is 11.5 Å². The third-order valence-corrected chi connectivity index (χ3v) is 13.6. The maximum absolute atomic E-state index is 12.6. The molecule has 37 heavy (non-hydrogen) atoms. The molecule has 10 heteroatoms. The van der Waals surface area contributed by atoms with E-state index in [-0.39, 0.29) is 22.7 Å². The van der Waals surface area contributed by atoms with Crippen LogP contribution in [0.4, 0.5) is 5.82 Å². The Labute approximate surface area is 229 Å². The van der Waals surface area contributed by atoms with Crippen LogP contribution < -0.4 is 21.8 Å². The number of hydrogen-bond acceptors (Lipinski definition) is 8. The van der Waals surface area contributed by atoms with Gasteiger partial charge in [-0.15, -0.1) is 0 Å². The molecule has 0 amide bonds. The number of aliphatic hydroxyl groups excluding tert-OH is 1. The summed E-state index contributed by atoms with van der Waals surface area (Å²) in [6.45, 7) is 6.80. The lowest BCUT2D eigenvalue weighted by Crippen LogP contribution is -2.67. The summed E-state index contributed by atoms with van der Waals surface area (Å²) in [5.74, 6) is 1.48. The van der Waals surface area contributed by atoms with Gasteiger partial charge < -0.3 is 20.0 Å². The van der Waals surface area contributed by atoms with Crippen LogP contribution in [-0.4, -0.2) is 58.5 Å². The van der Waals surface area contributed by atoms with Crippen molar-refractivity contribution in [2.24, 2.45) is 0 Å². The molecule has 3 N–H and O–H groups in total. The van der Waals surface area contributed by atoms with Gasteiger partial charge in [0.05, 0.1) is 18.0 Å². The molecule has 1 saturated heterocycles. The number of thioether (sulfide) groups is 1. The Balaban J connectivity index is 1.70. The number of rotatable bonds is 9. The van der Waals surface area contributed by atoms with Crippen molar-refractivity contribution in [3.05, 3.63) is 83.4 Å². The van der Waals surface area contributed by atoms with E-state index in [1.807, 2.05) is 36.4 Å². The number of thiol groups is 1. The zero-order chi connectivity index (χ0) is 26.6. The second-order valence-corrected chi connectivity index (χ2v) is 16.2. The van der Waals surface area contributed by atoms with E-state index in [1.54, 1.807) is 12.3 Å². The van der Waals surface area contributed by atoms with Crippen molar-refractivity contribution >= 4 is 48.9 Å². The first kappa shape index (κ1) is 27.9. The molecule has 1 unspecified atom stereocenters. The molecule has 0 aliphatic carbocycles. The van der Waals surface area contributed by atoms with Crippen molar-refractivity contribution in [2.45, 2.75) is 49.5 Å². The minimum Gasteiger partial charge on any atom is -0.405 e. The number of aromatic nitrogens is 2. The zero-order valence-electron chi connectivity index (χ0n) is 21.4. The first-order valence-electron chi connectivity index (χ1n) is 12.3. The summed E-state index contributed by atoms with van der Waals surface area (Å²) in [5, 5.41) is 13.1. The molecule has 4 rings (SSSR count). The number of anilines is 1. The van der Waals surface area contributed by atoms with Crippen LogP contribution >= 0.6 is 24.4 Å². The highest BCUT2D eigenvalue weighted by atomic mass is 32.2. The second kappa shape index (κ2) is 11.8. The molecule has 1 aromatic heterocycles. The van der Waals surface area contributed by atoms with Crippen molar-refractivity contribution in [1.82, 2.24) is 9.55 Å². The maximum Gasteiger partial charge on any atom is 0.351 e. The summed E-state index contributed by atoms with van der Waals surface area (Å²) in [6.07, 6.45) is -0.610. The SMILES string of the molecule is CC(C)(C)[Si](OC[C@H]1O[C@@H](n2ccc(N)nc2=O)[C@@H](SCCS)C1O)(c1ccccc1)c1ccccc1. The molecular weight excluding hydrogens is 523 g/mol. The maximum atomic E-state index is 12.6. The minimum absolute atomic E-state index is 0.144. The fourth-order valence-electron chi connectivity index (χ4n) is 5.04. The molecule has 1 fully saturated rings. The van der Waals surface area contributed by atoms with E-state index in [2.05, 4.69) is 62.6 Å². The number of benzene rings is 2. The molecule has 3 aromatic rings. The van der Waals surface area contributed by atoms with Crippen LogP contribution in [0.15, 0.2) is 77.7 Å². The lowest BCUT2D eigenvalue weighted by molar-refractivity contribution is -0.0423. The van der Waals surface area contributed by atoms with E-state index >= 15 is 0 Å². The standard InChI is InChI=1S/C27H35N3O4S2Si/c1-27(2,3)37(19-10-6-4-7-11-19,20-12-8-5-9-13-20)33-18-21-23(31)24(36-17-16-35)25(34-21)30-15-14-22(28)29-26(30)32/h4-15,21,23-25,31,35H,16-18H2,1-3H3,(H2,28,29,32)/t21-,23?,24+,25-/m1/s1. The van der Waals surface area contributed by atoms with Gasteiger partial charge in [-0.25, -0.2) is 4.79 Å². The number of nitrogens with zero attached hydrogens (tertiary/aromatic N) is 2. The average molecular weight is 558 g/mol. The molecule has 198 valence electrons. The monoisotopic (exact) mass is 557 g/mol. The van der Waals surface area contributed by atoms with E-state index < -0.39 is 32.4 Å². The fraction of sp³-hybridized carbons (Fsp3) is 0.407. The summed E-state index contributed by atoms with van der Waals surface area (Å²) >= 11 is 5.86. The van der Waals surface area contributed by atoms with E-state index in [0.717, 1.165) is 10.4 Å². The highest BCUT2D eigenvalue weighted by Crippen LogP contribution is 2.40. The highest BCUT2D eigenvalue weighted by Gasteiger charge is 2.52. The van der Waals surface area contributed by atoms with Crippen LogP contribution in [0.3, 0.4) is 0 Å². The summed E-state index contributed by atoms with van der Waals surface area (Å²) in [7, 11) is -2.82. The molecule has 0 spiro atoms. The predicted molar refractivity (Wildman–Crippen MR) is 156 cm³/mol. The van der Waals surface area contributed by atoms with Gasteiger partial charge in [-0.05, 0) is 27.2 Å². The molecule has 0 radical (unpaired) electrons. The smallest absolute Gasteiger partial charge is 0.351 e. The van der Waals surface area contributed by atoms with Gasteiger partial charge >= 0.3 is 5.69 Å². The van der Waals surface area contributed by atoms with Crippen molar-refractivity contribution in [2.75, 3.05) is 23.8 Å². The summed E-state index contributed by atoms with van der Waals surface area (Å²) in [5.41, 5.74) is 5.19. The Hall–Kier alpha value is -2.08. The molecule has 0 saturated carbocycles. The normalized spacial score (nSPS) is 22.3. The Kier molecular flexibility index (Phi) is 8.87. The van der Waals surface area contributed by atoms with Crippen LogP contribution in [0.2, 0.25) is 5.04 Å². The molecule has 4 atom stereocenters. The van der Waals surface area contributed by atoms with E-state index in [9.17, 15) is 9.90 Å². The van der Waals surface area contributed by atoms with Crippen molar-refractivity contribution < 1.29 is 14.3 Å². The number of aliphatic hydroxyl groups is 1. The zero-order valence-corrected chi connectivity index (χ0v) is 24.1. The van der Waals surface area contributed by atoms with Crippen LogP contribution in [-0.2, 0) is 9.16 Å². The Bertz CT molecular complexity index is 1180. The van der Waals surface area contributed by atoms with Crippen molar-refractivity contribution in [3.63, 3.8) is 0 Å². The van der Waals surface area contributed by atoms with Gasteiger partial charge in [0.1, 0.15) is 11.9 Å². The van der Waals surface area contributed by atoms with E-state index in [1.165, 1.54) is 16.3 Å². The Morgan fingerprint density at radius 2 is 1.70 bits per heavy atom. The van der Waals surface area contributed by atoms with Gasteiger partial charge in [-0.2, -0.15) is 29.4 Å². The molecule has 7 nitrogen and oxygen atoms in total. The van der Waals surface area contributed by atoms with Crippen LogP contribution in [0.25, 0.3) is 0 Å². The van der Waals surface area contributed by atoms with Gasteiger partial charge in [-0.3, -0.25) is 4.57 Å². The number of hydrogen-bond donors (Lipinski definition) is 3. The molecule has 1 aliphatic heterocycles. The molecule has 1 aliphatic rings. The molecule has 2 aromatic carbocycles. The molecular formula is C27H35N3O4S2Si. The van der Waals surface area contributed by atoms with Gasteiger partial charge in [0.2, 0.25) is 0 Å². The van der Waals surface area contributed by atoms with Crippen LogP contribution in [0.1, 0.15) is 27.0 Å². The van der Waals surface area contributed by atoms with Gasteiger partial charge in [-0.1, -0.05) is 81.4 Å². The van der Waals surface area contributed by atoms with Crippen molar-refractivity contribution in [3.8, 4) is 0 Å². The lowest BCUT2D eigenvalue weighted by Gasteiger charge is -2.43. The summed E-state index contributed by atoms with van der Waals surface area (Å²) in [4.78, 5) is 16.5. The predicted octanol–water partition coefficient (Wildman–Crippen LogP) is 2.69. The first-order valence-corrected chi connectivity index (χ1v) is 15.9.